The third-order valence-electron chi connectivity index (χ3n) is 4.64. The van der Waals surface area contributed by atoms with Gasteiger partial charge in [0.05, 0.1) is 25.4 Å². The van der Waals surface area contributed by atoms with Crippen molar-refractivity contribution in [2.75, 3.05) is 14.2 Å². The Morgan fingerprint density at radius 1 is 0.741 bits per heavy atom. The van der Waals surface area contributed by atoms with Crippen molar-refractivity contribution >= 4 is 10.9 Å². The summed E-state index contributed by atoms with van der Waals surface area (Å²) in [5, 5.41) is 0.686. The van der Waals surface area contributed by atoms with Crippen LogP contribution in [-0.2, 0) is 0 Å². The van der Waals surface area contributed by atoms with E-state index in [1.165, 1.54) is 0 Å². The number of methoxy groups -OCH3 is 2. The fraction of sp³-hybridized carbons (Fsp3) is 0.0870. The Bertz CT molecular complexity index is 1140. The first kappa shape index (κ1) is 16.9. The van der Waals surface area contributed by atoms with Gasteiger partial charge >= 0.3 is 0 Å². The first-order valence-electron chi connectivity index (χ1n) is 8.65. The van der Waals surface area contributed by atoms with Crippen LogP contribution in [0.5, 0.6) is 11.5 Å². The van der Waals surface area contributed by atoms with E-state index in [0.29, 0.717) is 5.39 Å². The number of rotatable bonds is 4. The first-order chi connectivity index (χ1) is 13.2. The van der Waals surface area contributed by atoms with Gasteiger partial charge in [-0.15, -0.1) is 0 Å². The molecule has 1 heterocycles. The zero-order valence-electron chi connectivity index (χ0n) is 15.2. The highest BCUT2D eigenvalue weighted by atomic mass is 16.5. The van der Waals surface area contributed by atoms with Crippen LogP contribution in [0, 0.1) is 0 Å². The van der Waals surface area contributed by atoms with Gasteiger partial charge in [-0.25, -0.2) is 0 Å². The van der Waals surface area contributed by atoms with Gasteiger partial charge in [-0.3, -0.25) is 4.79 Å². The molecule has 0 aliphatic carbocycles. The molecule has 3 aromatic carbocycles. The van der Waals surface area contributed by atoms with Gasteiger partial charge in [-0.1, -0.05) is 12.1 Å². The average Bonchev–Trinajstić information content (AvgIpc) is 2.74. The molecule has 4 rings (SSSR count). The van der Waals surface area contributed by atoms with Gasteiger partial charge in [0.2, 0.25) is 0 Å². The van der Waals surface area contributed by atoms with Crippen molar-refractivity contribution in [3.63, 3.8) is 0 Å². The number of pyridine rings is 1. The van der Waals surface area contributed by atoms with Crippen LogP contribution < -0.4 is 14.9 Å². The summed E-state index contributed by atoms with van der Waals surface area (Å²) in [6, 6.07) is 24.9. The van der Waals surface area contributed by atoms with E-state index < -0.39 is 0 Å². The number of aromatic nitrogens is 1. The molecule has 0 spiro atoms. The second kappa shape index (κ2) is 7.00. The van der Waals surface area contributed by atoms with E-state index in [1.807, 2.05) is 72.8 Å². The molecule has 134 valence electrons. The van der Waals surface area contributed by atoms with Crippen molar-refractivity contribution in [1.82, 2.24) is 4.57 Å². The van der Waals surface area contributed by atoms with Crippen LogP contribution in [0.15, 0.2) is 83.7 Å². The second-order valence-corrected chi connectivity index (χ2v) is 6.17. The molecule has 0 fully saturated rings. The lowest BCUT2D eigenvalue weighted by Crippen LogP contribution is -2.10. The molecule has 1 aromatic heterocycles. The summed E-state index contributed by atoms with van der Waals surface area (Å²) in [5.74, 6) is 1.56. The van der Waals surface area contributed by atoms with E-state index in [4.69, 9.17) is 9.47 Å². The monoisotopic (exact) mass is 357 g/mol. The Labute approximate surface area is 157 Å². The molecule has 0 aliphatic rings. The van der Waals surface area contributed by atoms with Crippen molar-refractivity contribution in [3.8, 4) is 28.4 Å². The van der Waals surface area contributed by atoms with Crippen LogP contribution >= 0.6 is 0 Å². The molecule has 0 saturated carbocycles. The van der Waals surface area contributed by atoms with Gasteiger partial charge in [-0.2, -0.15) is 0 Å². The molecule has 4 heteroatoms. The molecule has 0 radical (unpaired) electrons. The zero-order chi connectivity index (χ0) is 18.8. The van der Waals surface area contributed by atoms with Crippen LogP contribution in [0.3, 0.4) is 0 Å². The first-order valence-corrected chi connectivity index (χ1v) is 8.65. The SMILES string of the molecule is COc1ccc(-c2cc(=O)c3ccccc3n2-c2ccc(OC)cc2)cc1. The average molecular weight is 357 g/mol. The Balaban J connectivity index is 2.03. The Kier molecular flexibility index (Phi) is 4.38. The van der Waals surface area contributed by atoms with Crippen molar-refractivity contribution < 1.29 is 9.47 Å². The van der Waals surface area contributed by atoms with Gasteiger partial charge < -0.3 is 14.0 Å². The quantitative estimate of drug-likeness (QED) is 0.533. The summed E-state index contributed by atoms with van der Waals surface area (Å²) < 4.78 is 12.6. The molecule has 0 bridgehead atoms. The minimum Gasteiger partial charge on any atom is -0.497 e. The van der Waals surface area contributed by atoms with E-state index in [1.54, 1.807) is 20.3 Å². The molecule has 0 unspecified atom stereocenters. The number of fused-ring (bicyclic) bond motifs is 1. The lowest BCUT2D eigenvalue weighted by Gasteiger charge is -2.18. The number of ether oxygens (including phenoxy) is 2. The van der Waals surface area contributed by atoms with Crippen molar-refractivity contribution in [3.05, 3.63) is 89.1 Å². The number of benzene rings is 3. The number of hydrogen-bond acceptors (Lipinski definition) is 3. The third kappa shape index (κ3) is 3.06. The van der Waals surface area contributed by atoms with Crippen molar-refractivity contribution in [1.29, 1.82) is 0 Å². The van der Waals surface area contributed by atoms with E-state index in [9.17, 15) is 4.79 Å². The van der Waals surface area contributed by atoms with Gasteiger partial charge in [0, 0.05) is 17.1 Å². The molecule has 0 saturated heterocycles. The molecule has 0 N–H and O–H groups in total. The van der Waals surface area contributed by atoms with Crippen LogP contribution in [-0.4, -0.2) is 18.8 Å². The highest BCUT2D eigenvalue weighted by molar-refractivity contribution is 5.84. The summed E-state index contributed by atoms with van der Waals surface area (Å²) in [5.41, 5.74) is 3.58. The summed E-state index contributed by atoms with van der Waals surface area (Å²) in [6.07, 6.45) is 0. The van der Waals surface area contributed by atoms with Crippen molar-refractivity contribution in [2.45, 2.75) is 0 Å². The van der Waals surface area contributed by atoms with E-state index >= 15 is 0 Å². The fourth-order valence-electron chi connectivity index (χ4n) is 3.26. The molecule has 0 atom stereocenters. The smallest absolute Gasteiger partial charge is 0.190 e. The van der Waals surface area contributed by atoms with Gasteiger partial charge in [0.1, 0.15) is 11.5 Å². The maximum atomic E-state index is 12.7. The Hall–Kier alpha value is -3.53. The second-order valence-electron chi connectivity index (χ2n) is 6.17. The fourth-order valence-corrected chi connectivity index (χ4v) is 3.26. The normalized spacial score (nSPS) is 10.7. The van der Waals surface area contributed by atoms with Gasteiger partial charge in [0.25, 0.3) is 0 Å². The minimum absolute atomic E-state index is 0.00109. The van der Waals surface area contributed by atoms with Crippen LogP contribution in [0.4, 0.5) is 0 Å². The highest BCUT2D eigenvalue weighted by Crippen LogP contribution is 2.29. The predicted molar refractivity (Wildman–Crippen MR) is 108 cm³/mol. The summed E-state index contributed by atoms with van der Waals surface area (Å²) in [7, 11) is 3.28. The van der Waals surface area contributed by atoms with E-state index in [-0.39, 0.29) is 5.43 Å². The Morgan fingerprint density at radius 2 is 1.33 bits per heavy atom. The van der Waals surface area contributed by atoms with Crippen LogP contribution in [0.25, 0.3) is 27.8 Å². The maximum absolute atomic E-state index is 12.7. The molecule has 27 heavy (non-hydrogen) atoms. The minimum atomic E-state index is 0.00109. The summed E-state index contributed by atoms with van der Waals surface area (Å²) in [4.78, 5) is 12.7. The summed E-state index contributed by atoms with van der Waals surface area (Å²) in [6.45, 7) is 0. The topological polar surface area (TPSA) is 40.5 Å². The zero-order valence-corrected chi connectivity index (χ0v) is 15.2. The van der Waals surface area contributed by atoms with Gasteiger partial charge in [0.15, 0.2) is 5.43 Å². The largest absolute Gasteiger partial charge is 0.497 e. The molecule has 4 nitrogen and oxygen atoms in total. The molecular weight excluding hydrogens is 338 g/mol. The standard InChI is InChI=1S/C23H19NO3/c1-26-18-11-7-16(8-12-18)22-15-23(25)20-5-3-4-6-21(20)24(22)17-9-13-19(27-2)14-10-17/h3-15H,1-2H3. The van der Waals surface area contributed by atoms with Crippen LogP contribution in [0.1, 0.15) is 0 Å². The molecule has 4 aromatic rings. The van der Waals surface area contributed by atoms with Gasteiger partial charge in [-0.05, 0) is 66.2 Å². The number of para-hydroxylation sites is 1. The predicted octanol–water partition coefficient (Wildman–Crippen LogP) is 4.67. The number of nitrogens with zero attached hydrogens (tertiary/aromatic N) is 1. The Morgan fingerprint density at radius 3 is 1.96 bits per heavy atom. The molecule has 0 amide bonds. The van der Waals surface area contributed by atoms with E-state index in [0.717, 1.165) is 34.0 Å². The van der Waals surface area contributed by atoms with E-state index in [2.05, 4.69) is 4.57 Å². The van der Waals surface area contributed by atoms with Crippen molar-refractivity contribution in [2.24, 2.45) is 0 Å². The maximum Gasteiger partial charge on any atom is 0.190 e. The lowest BCUT2D eigenvalue weighted by molar-refractivity contribution is 0.414. The highest BCUT2D eigenvalue weighted by Gasteiger charge is 2.12. The lowest BCUT2D eigenvalue weighted by atomic mass is 10.1. The third-order valence-corrected chi connectivity index (χ3v) is 4.64. The molecule has 0 aliphatic heterocycles. The summed E-state index contributed by atoms with van der Waals surface area (Å²) >= 11 is 0. The molecular formula is C23H19NO3. The number of hydrogen-bond donors (Lipinski definition) is 0. The van der Waals surface area contributed by atoms with Crippen LogP contribution in [0.2, 0.25) is 0 Å².